The molecule has 9 aromatic carbocycles. The first-order valence-corrected chi connectivity index (χ1v) is 20.4. The Morgan fingerprint density at radius 2 is 0.403 bits per heavy atom. The molecule has 6 heteroatoms. The number of rotatable bonds is 0. The van der Waals surface area contributed by atoms with Gasteiger partial charge in [-0.15, -0.1) is 0 Å². The Hall–Kier alpha value is -8.84. The van der Waals surface area contributed by atoms with Gasteiger partial charge in [-0.1, -0.05) is 152 Å². The van der Waals surface area contributed by atoms with Crippen molar-refractivity contribution in [1.29, 1.82) is 10.5 Å². The number of hydrogen-bond acceptors (Lipinski definition) is 2. The van der Waals surface area contributed by atoms with Crippen molar-refractivity contribution < 1.29 is 0 Å². The van der Waals surface area contributed by atoms with Gasteiger partial charge in [0.05, 0.1) is 23.3 Å². The quantitative estimate of drug-likeness (QED) is 0.123. The van der Waals surface area contributed by atoms with Crippen LogP contribution < -0.4 is 0 Å². The summed E-state index contributed by atoms with van der Waals surface area (Å²) < 4.78 is 0. The summed E-state index contributed by atoms with van der Waals surface area (Å²) >= 11 is 0. The molecule has 0 saturated heterocycles. The van der Waals surface area contributed by atoms with Crippen LogP contribution in [0.2, 0.25) is 0 Å². The lowest BCUT2D eigenvalue weighted by Crippen LogP contribution is -1.75. The molecule has 0 fully saturated rings. The highest BCUT2D eigenvalue weighted by Gasteiger charge is 2.03. The highest BCUT2D eigenvalue weighted by atomic mass is 14.7. The van der Waals surface area contributed by atoms with Gasteiger partial charge < -0.3 is 19.9 Å². The van der Waals surface area contributed by atoms with Crippen molar-refractivity contribution in [3.63, 3.8) is 0 Å². The second-order valence-electron chi connectivity index (χ2n) is 14.7. The molecular formula is C56H40N6. The van der Waals surface area contributed by atoms with Gasteiger partial charge >= 0.3 is 0 Å². The van der Waals surface area contributed by atoms with Crippen LogP contribution in [0.15, 0.2) is 218 Å². The van der Waals surface area contributed by atoms with E-state index in [9.17, 15) is 0 Å². The molecule has 13 aromatic rings. The van der Waals surface area contributed by atoms with Crippen LogP contribution in [0.1, 0.15) is 11.1 Å². The number of aromatic amines is 4. The van der Waals surface area contributed by atoms with Crippen LogP contribution in [-0.2, 0) is 0 Å². The zero-order valence-electron chi connectivity index (χ0n) is 33.7. The first-order chi connectivity index (χ1) is 30.7. The third-order valence-electron chi connectivity index (χ3n) is 10.8. The maximum Gasteiger partial charge on any atom is 0.0992 e. The lowest BCUT2D eigenvalue weighted by molar-refractivity contribution is 1.45. The molecular weight excluding hydrogens is 757 g/mol. The summed E-state index contributed by atoms with van der Waals surface area (Å²) in [5.74, 6) is 0. The fourth-order valence-electron chi connectivity index (χ4n) is 7.85. The Bertz CT molecular complexity index is 3040. The molecule has 4 aromatic heterocycles. The van der Waals surface area contributed by atoms with Crippen LogP contribution in [-0.4, -0.2) is 19.9 Å². The lowest BCUT2D eigenvalue weighted by Gasteiger charge is -1.87. The molecule has 0 unspecified atom stereocenters. The number of fused-ring (bicyclic) bond motifs is 12. The van der Waals surface area contributed by atoms with Crippen LogP contribution in [0, 0.1) is 22.7 Å². The molecule has 0 radical (unpaired) electrons. The number of nitrogens with one attached hydrogen (secondary N) is 4. The third-order valence-corrected chi connectivity index (χ3v) is 10.8. The van der Waals surface area contributed by atoms with E-state index in [4.69, 9.17) is 10.5 Å². The monoisotopic (exact) mass is 796 g/mol. The molecule has 6 nitrogen and oxygen atoms in total. The summed E-state index contributed by atoms with van der Waals surface area (Å²) in [6.45, 7) is 0. The Balaban J connectivity index is 0.0000000992. The van der Waals surface area contributed by atoms with Crippen molar-refractivity contribution in [3.05, 3.63) is 230 Å². The maximum absolute atomic E-state index is 8.40. The lowest BCUT2D eigenvalue weighted by atomic mass is 10.2. The highest BCUT2D eigenvalue weighted by molar-refractivity contribution is 6.09. The van der Waals surface area contributed by atoms with E-state index in [1.165, 1.54) is 87.2 Å². The van der Waals surface area contributed by atoms with Crippen molar-refractivity contribution in [2.45, 2.75) is 0 Å². The van der Waals surface area contributed by atoms with E-state index in [-0.39, 0.29) is 0 Å². The van der Waals surface area contributed by atoms with Crippen molar-refractivity contribution in [3.8, 4) is 12.1 Å². The molecule has 0 spiro atoms. The minimum absolute atomic E-state index is 0.527. The summed E-state index contributed by atoms with van der Waals surface area (Å²) in [4.78, 5) is 13.5. The largest absolute Gasteiger partial charge is 0.355 e. The van der Waals surface area contributed by atoms with Gasteiger partial charge in [0.1, 0.15) is 0 Å². The number of hydrogen-bond donors (Lipinski definition) is 4. The molecule has 0 aliphatic carbocycles. The second-order valence-corrected chi connectivity index (χ2v) is 14.7. The Morgan fingerprint density at radius 1 is 0.226 bits per heavy atom. The van der Waals surface area contributed by atoms with Crippen LogP contribution >= 0.6 is 0 Å². The molecule has 0 saturated carbocycles. The van der Waals surface area contributed by atoms with Gasteiger partial charge in [0.15, 0.2) is 0 Å². The van der Waals surface area contributed by atoms with Gasteiger partial charge in [-0.3, -0.25) is 0 Å². The van der Waals surface area contributed by atoms with Gasteiger partial charge in [-0.2, -0.15) is 10.5 Å². The van der Waals surface area contributed by atoms with Crippen molar-refractivity contribution in [1.82, 2.24) is 19.9 Å². The Morgan fingerprint density at radius 3 is 0.581 bits per heavy atom. The molecule has 0 atom stereocenters. The smallest absolute Gasteiger partial charge is 0.0992 e. The number of H-pyrrole nitrogens is 4. The zero-order chi connectivity index (χ0) is 42.1. The standard InChI is InChI=1S/4C12H9N.C8H4N2/c4*1-3-7-11-9(5-1)10-6-2-4-8-12(10)13-11;9-5-7-2-1-3-8(4-7)6-10/h4*1-8,13H;1-4H. The zero-order valence-corrected chi connectivity index (χ0v) is 33.7. The van der Waals surface area contributed by atoms with Crippen LogP contribution in [0.3, 0.4) is 0 Å². The predicted octanol–water partition coefficient (Wildman–Crippen LogP) is 14.7. The summed E-state index contributed by atoms with van der Waals surface area (Å²) in [7, 11) is 0. The first-order valence-electron chi connectivity index (χ1n) is 20.4. The minimum Gasteiger partial charge on any atom is -0.355 e. The maximum atomic E-state index is 8.40. The number of para-hydroxylation sites is 8. The van der Waals surface area contributed by atoms with Crippen molar-refractivity contribution >= 4 is 87.2 Å². The Kier molecular flexibility index (Phi) is 11.2. The van der Waals surface area contributed by atoms with Crippen LogP contribution in [0.5, 0.6) is 0 Å². The van der Waals surface area contributed by atoms with E-state index in [0.29, 0.717) is 11.1 Å². The number of nitriles is 2. The van der Waals surface area contributed by atoms with E-state index >= 15 is 0 Å². The molecule has 0 aliphatic rings. The Labute approximate surface area is 357 Å². The fraction of sp³-hybridized carbons (Fsp3) is 0. The number of aromatic nitrogens is 4. The highest BCUT2D eigenvalue weighted by Crippen LogP contribution is 2.27. The second kappa shape index (κ2) is 18.0. The molecule has 294 valence electrons. The summed E-state index contributed by atoms with van der Waals surface area (Å²) in [6, 6.07) is 77.5. The molecule has 62 heavy (non-hydrogen) atoms. The van der Waals surface area contributed by atoms with E-state index in [0.717, 1.165) is 0 Å². The van der Waals surface area contributed by atoms with Gasteiger partial charge in [-0.25, -0.2) is 0 Å². The third kappa shape index (κ3) is 8.22. The van der Waals surface area contributed by atoms with Gasteiger partial charge in [0.25, 0.3) is 0 Å². The molecule has 13 rings (SSSR count). The van der Waals surface area contributed by atoms with Gasteiger partial charge in [0, 0.05) is 87.2 Å². The molecule has 0 amide bonds. The summed E-state index contributed by atoms with van der Waals surface area (Å²) in [5, 5.41) is 27.2. The number of nitrogens with zero attached hydrogens (tertiary/aromatic N) is 2. The SMILES string of the molecule is N#Cc1cccc(C#N)c1.c1ccc2c(c1)[nH]c1ccccc12.c1ccc2c(c1)[nH]c1ccccc12.c1ccc2c(c1)[nH]c1ccccc12.c1ccc2c(c1)[nH]c1ccccc12. The van der Waals surface area contributed by atoms with Gasteiger partial charge in [-0.05, 0) is 66.7 Å². The molecule has 4 heterocycles. The molecule has 4 N–H and O–H groups in total. The van der Waals surface area contributed by atoms with E-state index in [1.54, 1.807) is 24.3 Å². The topological polar surface area (TPSA) is 111 Å². The molecule has 0 aliphatic heterocycles. The fourth-order valence-corrected chi connectivity index (χ4v) is 7.85. The van der Waals surface area contributed by atoms with E-state index in [2.05, 4.69) is 214 Å². The average Bonchev–Trinajstić information content (AvgIpc) is 4.12. The summed E-state index contributed by atoms with van der Waals surface area (Å²) in [5.41, 5.74) is 10.7. The number of benzene rings is 9. The predicted molar refractivity (Wildman–Crippen MR) is 259 cm³/mol. The normalized spacial score (nSPS) is 10.5. The van der Waals surface area contributed by atoms with Crippen molar-refractivity contribution in [2.75, 3.05) is 0 Å². The van der Waals surface area contributed by atoms with Crippen LogP contribution in [0.25, 0.3) is 87.2 Å². The average molecular weight is 797 g/mol. The minimum atomic E-state index is 0.527. The van der Waals surface area contributed by atoms with Gasteiger partial charge in [0.2, 0.25) is 0 Å². The van der Waals surface area contributed by atoms with E-state index in [1.807, 2.05) is 12.1 Å². The van der Waals surface area contributed by atoms with Crippen LogP contribution in [0.4, 0.5) is 0 Å². The van der Waals surface area contributed by atoms with Crippen molar-refractivity contribution in [2.24, 2.45) is 0 Å². The van der Waals surface area contributed by atoms with E-state index < -0.39 is 0 Å². The molecule has 0 bridgehead atoms. The first kappa shape index (κ1) is 38.7. The summed E-state index contributed by atoms with van der Waals surface area (Å²) in [6.07, 6.45) is 0.